The normalized spacial score (nSPS) is 12.4. The third kappa shape index (κ3) is 3.88. The lowest BCUT2D eigenvalue weighted by Crippen LogP contribution is -2.20. The third-order valence-electron chi connectivity index (χ3n) is 1.76. The first kappa shape index (κ1) is 15.3. The number of halogens is 7. The van der Waals surface area contributed by atoms with Gasteiger partial charge >= 0.3 is 12.5 Å². The van der Waals surface area contributed by atoms with E-state index in [0.717, 1.165) is 0 Å². The van der Waals surface area contributed by atoms with Crippen LogP contribution in [0, 0.1) is 10.1 Å². The Balaban J connectivity index is 3.49. The van der Waals surface area contributed by atoms with Crippen molar-refractivity contribution >= 4 is 17.3 Å². The number of hydrogen-bond acceptors (Lipinski definition) is 3. The molecule has 0 aliphatic carbocycles. The molecule has 0 atom stereocenters. The van der Waals surface area contributed by atoms with Gasteiger partial charge in [-0.15, -0.1) is 13.2 Å². The van der Waals surface area contributed by atoms with Crippen molar-refractivity contribution in [1.82, 2.24) is 0 Å². The lowest BCUT2D eigenvalue weighted by Gasteiger charge is -2.16. The van der Waals surface area contributed by atoms with Gasteiger partial charge in [0.15, 0.2) is 5.75 Å². The van der Waals surface area contributed by atoms with Crippen LogP contribution >= 0.6 is 11.6 Å². The number of nitro groups is 1. The second-order valence-corrected chi connectivity index (χ2v) is 3.51. The molecule has 0 amide bonds. The monoisotopic (exact) mass is 309 g/mol. The molecule has 0 saturated heterocycles. The Bertz CT molecular complexity index is 512. The van der Waals surface area contributed by atoms with Gasteiger partial charge in [-0.3, -0.25) is 10.1 Å². The molecule has 1 aromatic rings. The van der Waals surface area contributed by atoms with Crippen LogP contribution in [0.1, 0.15) is 5.56 Å². The molecule has 0 bridgehead atoms. The summed E-state index contributed by atoms with van der Waals surface area (Å²) in [5, 5.41) is 9.18. The molecule has 0 N–H and O–H groups in total. The Morgan fingerprint density at radius 1 is 1.16 bits per heavy atom. The van der Waals surface area contributed by atoms with Gasteiger partial charge in [-0.05, 0) is 0 Å². The van der Waals surface area contributed by atoms with Crippen molar-refractivity contribution in [3.8, 4) is 5.75 Å². The molecule has 0 spiro atoms. The van der Waals surface area contributed by atoms with E-state index in [1.54, 1.807) is 0 Å². The average Bonchev–Trinajstić information content (AvgIpc) is 2.16. The zero-order chi connectivity index (χ0) is 15.0. The molecule has 0 aliphatic heterocycles. The topological polar surface area (TPSA) is 52.4 Å². The lowest BCUT2D eigenvalue weighted by atomic mass is 10.1. The number of non-ortho nitro benzene ring substituents is 1. The minimum atomic E-state index is -5.42. The van der Waals surface area contributed by atoms with E-state index in [4.69, 9.17) is 11.6 Å². The summed E-state index contributed by atoms with van der Waals surface area (Å²) in [6.07, 6.45) is -10.7. The molecular weight excluding hydrogens is 308 g/mol. The van der Waals surface area contributed by atoms with Gasteiger partial charge in [-0.25, -0.2) is 0 Å². The molecule has 0 saturated carbocycles. The fourth-order valence-corrected chi connectivity index (χ4v) is 1.37. The Morgan fingerprint density at radius 2 is 1.68 bits per heavy atom. The zero-order valence-corrected chi connectivity index (χ0v) is 9.23. The van der Waals surface area contributed by atoms with Crippen LogP contribution in [-0.4, -0.2) is 11.3 Å². The lowest BCUT2D eigenvalue weighted by molar-refractivity contribution is -0.385. The molecule has 19 heavy (non-hydrogen) atoms. The maximum absolute atomic E-state index is 12.5. The molecule has 0 heterocycles. The van der Waals surface area contributed by atoms with Crippen molar-refractivity contribution in [2.24, 2.45) is 0 Å². The van der Waals surface area contributed by atoms with Crippen LogP contribution in [0.15, 0.2) is 12.1 Å². The van der Waals surface area contributed by atoms with Crippen LogP contribution in [0.4, 0.5) is 32.0 Å². The van der Waals surface area contributed by atoms with Gasteiger partial charge in [0.2, 0.25) is 0 Å². The Kier molecular flexibility index (Phi) is 3.84. The van der Waals surface area contributed by atoms with Crippen molar-refractivity contribution in [2.45, 2.75) is 12.5 Å². The first-order valence-corrected chi connectivity index (χ1v) is 4.60. The quantitative estimate of drug-likeness (QED) is 0.468. The predicted octanol–water partition coefficient (Wildman–Crippen LogP) is 4.17. The van der Waals surface area contributed by atoms with Crippen molar-refractivity contribution in [2.75, 3.05) is 0 Å². The second kappa shape index (κ2) is 4.76. The van der Waals surface area contributed by atoms with Crippen LogP contribution in [-0.2, 0) is 6.18 Å². The minimum absolute atomic E-state index is 0.0903. The van der Waals surface area contributed by atoms with Gasteiger partial charge in [0.25, 0.3) is 5.69 Å². The van der Waals surface area contributed by atoms with Crippen LogP contribution in [0.2, 0.25) is 5.02 Å². The maximum Gasteiger partial charge on any atom is 0.573 e. The minimum Gasteiger partial charge on any atom is -0.404 e. The van der Waals surface area contributed by atoms with E-state index in [-0.39, 0.29) is 6.07 Å². The fourth-order valence-electron chi connectivity index (χ4n) is 1.11. The summed E-state index contributed by atoms with van der Waals surface area (Å²) in [5.41, 5.74) is -3.09. The van der Waals surface area contributed by atoms with Crippen molar-refractivity contribution in [3.05, 3.63) is 32.8 Å². The maximum atomic E-state index is 12.5. The summed E-state index contributed by atoms with van der Waals surface area (Å²) in [5.74, 6) is -1.73. The van der Waals surface area contributed by atoms with Crippen LogP contribution in [0.25, 0.3) is 0 Å². The van der Waals surface area contributed by atoms with Gasteiger partial charge < -0.3 is 4.74 Å². The van der Waals surface area contributed by atoms with Crippen molar-refractivity contribution < 1.29 is 36.0 Å². The molecule has 0 aromatic heterocycles. The highest BCUT2D eigenvalue weighted by Crippen LogP contribution is 2.44. The molecule has 11 heteroatoms. The Labute approximate surface area is 105 Å². The summed E-state index contributed by atoms with van der Waals surface area (Å²) < 4.78 is 76.6. The summed E-state index contributed by atoms with van der Waals surface area (Å²) >= 11 is 5.16. The summed E-state index contributed by atoms with van der Waals surface area (Å²) in [6.45, 7) is 0. The average molecular weight is 310 g/mol. The zero-order valence-electron chi connectivity index (χ0n) is 8.47. The van der Waals surface area contributed by atoms with E-state index in [1.165, 1.54) is 0 Å². The number of alkyl halides is 6. The van der Waals surface area contributed by atoms with E-state index in [2.05, 4.69) is 4.74 Å². The van der Waals surface area contributed by atoms with Crippen LogP contribution in [0.5, 0.6) is 5.75 Å². The molecule has 0 fully saturated rings. The molecule has 4 nitrogen and oxygen atoms in total. The van der Waals surface area contributed by atoms with Crippen LogP contribution in [0.3, 0.4) is 0 Å². The number of hydrogen-bond donors (Lipinski definition) is 0. The summed E-state index contributed by atoms with van der Waals surface area (Å²) in [6, 6.07) is 0.241. The third-order valence-corrected chi connectivity index (χ3v) is 2.04. The number of benzene rings is 1. The molecule has 1 rings (SSSR count). The first-order valence-electron chi connectivity index (χ1n) is 4.22. The van der Waals surface area contributed by atoms with E-state index >= 15 is 0 Å². The van der Waals surface area contributed by atoms with Gasteiger partial charge in [0.05, 0.1) is 9.95 Å². The molecular formula is C8H2ClF6NO3. The standard InChI is InChI=1S/C8H2ClF6NO3/c9-5-2-3(16(17)18)1-4(7(10,11)12)6(5)19-8(13,14)15/h1-2H. The Hall–Kier alpha value is -1.71. The largest absolute Gasteiger partial charge is 0.573 e. The van der Waals surface area contributed by atoms with E-state index in [1.807, 2.05) is 0 Å². The Morgan fingerprint density at radius 3 is 2.05 bits per heavy atom. The molecule has 0 radical (unpaired) electrons. The highest BCUT2D eigenvalue weighted by Gasteiger charge is 2.42. The van der Waals surface area contributed by atoms with Crippen LogP contribution < -0.4 is 4.74 Å². The van der Waals surface area contributed by atoms with Gasteiger partial charge in [0.1, 0.15) is 5.56 Å². The highest BCUT2D eigenvalue weighted by molar-refractivity contribution is 6.32. The molecule has 0 unspecified atom stereocenters. The number of nitrogens with zero attached hydrogens (tertiary/aromatic N) is 1. The fraction of sp³-hybridized carbons (Fsp3) is 0.250. The molecule has 0 aliphatic rings. The van der Waals surface area contributed by atoms with E-state index < -0.39 is 39.5 Å². The highest BCUT2D eigenvalue weighted by atomic mass is 35.5. The van der Waals surface area contributed by atoms with Crippen molar-refractivity contribution in [1.29, 1.82) is 0 Å². The van der Waals surface area contributed by atoms with E-state index in [9.17, 15) is 36.5 Å². The first-order chi connectivity index (χ1) is 8.42. The summed E-state index contributed by atoms with van der Waals surface area (Å²) in [4.78, 5) is 9.12. The van der Waals surface area contributed by atoms with Crippen molar-refractivity contribution in [3.63, 3.8) is 0 Å². The van der Waals surface area contributed by atoms with Gasteiger partial charge in [0, 0.05) is 12.1 Å². The van der Waals surface area contributed by atoms with E-state index in [0.29, 0.717) is 6.07 Å². The predicted molar refractivity (Wildman–Crippen MR) is 49.8 cm³/mol. The SMILES string of the molecule is O=[N+]([O-])c1cc(Cl)c(OC(F)(F)F)c(C(F)(F)F)c1. The number of nitro benzene ring substituents is 1. The number of rotatable bonds is 2. The smallest absolute Gasteiger partial charge is 0.404 e. The summed E-state index contributed by atoms with van der Waals surface area (Å²) in [7, 11) is 0. The van der Waals surface area contributed by atoms with Gasteiger partial charge in [-0.1, -0.05) is 11.6 Å². The number of ether oxygens (including phenoxy) is 1. The molecule has 106 valence electrons. The van der Waals surface area contributed by atoms with Gasteiger partial charge in [-0.2, -0.15) is 13.2 Å². The second-order valence-electron chi connectivity index (χ2n) is 3.11. The molecule has 1 aromatic carbocycles.